The van der Waals surface area contributed by atoms with E-state index in [1.807, 2.05) is 63.2 Å². The maximum absolute atomic E-state index is 11.1. The lowest BCUT2D eigenvalue weighted by molar-refractivity contribution is 0.0109. The van der Waals surface area contributed by atoms with Crippen LogP contribution < -0.4 is 9.47 Å². The highest BCUT2D eigenvalue weighted by Crippen LogP contribution is 2.36. The van der Waals surface area contributed by atoms with E-state index in [1.54, 1.807) is 12.1 Å². The van der Waals surface area contributed by atoms with Crippen molar-refractivity contribution in [2.75, 3.05) is 39.6 Å². The van der Waals surface area contributed by atoms with Crippen molar-refractivity contribution in [1.29, 1.82) is 0 Å². The maximum Gasteiger partial charge on any atom is 0.167 e. The smallest absolute Gasteiger partial charge is 0.167 e. The molecule has 0 aliphatic rings. The molecule has 510 valence electrons. The van der Waals surface area contributed by atoms with Gasteiger partial charge in [0.2, 0.25) is 0 Å². The topological polar surface area (TPSA) is 175 Å². The molecule has 6 aromatic carbocycles. The molecule has 8 aromatic rings. The van der Waals surface area contributed by atoms with Crippen LogP contribution in [0.3, 0.4) is 0 Å². The van der Waals surface area contributed by atoms with Gasteiger partial charge in [0.25, 0.3) is 0 Å². The lowest BCUT2D eigenvalue weighted by atomic mass is 10.0. The third-order valence-electron chi connectivity index (χ3n) is 17.5. The van der Waals surface area contributed by atoms with Gasteiger partial charge in [0.05, 0.1) is 18.8 Å². The largest absolute Gasteiger partial charge is 0.507 e. The molecule has 95 heavy (non-hydrogen) atoms. The Morgan fingerprint density at radius 2 is 0.547 bits per heavy atom. The van der Waals surface area contributed by atoms with Crippen LogP contribution in [0.4, 0.5) is 0 Å². The predicted molar refractivity (Wildman–Crippen MR) is 390 cm³/mol. The monoisotopic (exact) mass is 1290 g/mol. The number of phenolic OH excluding ortho intramolecular Hbond substituents is 1. The van der Waals surface area contributed by atoms with Crippen LogP contribution in [0, 0.1) is 62.3 Å². The van der Waals surface area contributed by atoms with Gasteiger partial charge in [-0.05, 0) is 133 Å². The van der Waals surface area contributed by atoms with E-state index >= 15 is 0 Å². The van der Waals surface area contributed by atoms with Gasteiger partial charge >= 0.3 is 0 Å². The van der Waals surface area contributed by atoms with Crippen molar-refractivity contribution in [3.63, 3.8) is 0 Å². The summed E-state index contributed by atoms with van der Waals surface area (Å²) in [7, 11) is 0. The second-order valence-electron chi connectivity index (χ2n) is 26.3. The average molecular weight is 1290 g/mol. The van der Waals surface area contributed by atoms with E-state index in [4.69, 9.17) is 48.9 Å². The Labute approximate surface area is 569 Å². The van der Waals surface area contributed by atoms with Crippen molar-refractivity contribution in [1.82, 2.24) is 29.9 Å². The fourth-order valence-corrected chi connectivity index (χ4v) is 12.0. The third kappa shape index (κ3) is 24.9. The van der Waals surface area contributed by atoms with Gasteiger partial charge in [-0.3, -0.25) is 0 Å². The number of aromatic nitrogens is 6. The quantitative estimate of drug-likeness (QED) is 0.0311. The summed E-state index contributed by atoms with van der Waals surface area (Å²) < 4.78 is 23.2. The molecule has 2 heterocycles. The van der Waals surface area contributed by atoms with Crippen LogP contribution in [0.15, 0.2) is 109 Å². The van der Waals surface area contributed by atoms with Gasteiger partial charge in [-0.1, -0.05) is 231 Å². The molecular weight excluding hydrogens is 1180 g/mol. The summed E-state index contributed by atoms with van der Waals surface area (Å²) >= 11 is 0. The van der Waals surface area contributed by atoms with Crippen molar-refractivity contribution in [3.05, 3.63) is 159 Å². The Morgan fingerprint density at radius 3 is 0.832 bits per heavy atom. The molecule has 0 bridgehead atoms. The molecule has 0 saturated heterocycles. The van der Waals surface area contributed by atoms with Crippen LogP contribution in [0.2, 0.25) is 0 Å². The Morgan fingerprint density at radius 1 is 0.295 bits per heavy atom. The molecule has 2 aromatic heterocycles. The molecule has 13 nitrogen and oxygen atoms in total. The first-order valence-electron chi connectivity index (χ1n) is 35.5. The number of unbranched alkanes of at least 4 members (excludes halogenated alkanes) is 19. The number of aryl methyl sites for hydroxylation is 9. The Bertz CT molecular complexity index is 3490. The molecule has 3 N–H and O–H groups in total. The number of benzene rings is 6. The Balaban J connectivity index is 0.000000269. The SMILES string of the molecule is CCCCCCCCCCCCCOCC(O)COc1ccc(-c2nc(-c3ccc(C)cc3C)nc(-c3ccc(C)cc3C)n2)c(O)c1.CCCCCCCCCCCCOCC(O)COc1ccc(-c2nc(-c3ccc(C)cc3C)nc(-c3ccc(C)cc3C)n2)c(C)c1. The van der Waals surface area contributed by atoms with Crippen molar-refractivity contribution < 1.29 is 34.3 Å². The predicted octanol–water partition coefficient (Wildman–Crippen LogP) is 20.0. The number of hydrogen-bond donors (Lipinski definition) is 3. The summed E-state index contributed by atoms with van der Waals surface area (Å²) in [5.74, 6) is 4.51. The number of rotatable bonds is 39. The van der Waals surface area contributed by atoms with Crippen LogP contribution in [-0.4, -0.2) is 97.1 Å². The minimum atomic E-state index is -0.760. The average Bonchev–Trinajstić information content (AvgIpc) is 0.800. The highest BCUT2D eigenvalue weighted by atomic mass is 16.5. The van der Waals surface area contributed by atoms with Crippen LogP contribution in [0.1, 0.15) is 199 Å². The number of nitrogens with zero attached hydrogens (tertiary/aromatic N) is 6. The van der Waals surface area contributed by atoms with E-state index in [9.17, 15) is 15.3 Å². The fraction of sp³-hybridized carbons (Fsp3) is 0.488. The van der Waals surface area contributed by atoms with Crippen molar-refractivity contribution >= 4 is 0 Å². The minimum Gasteiger partial charge on any atom is -0.507 e. The summed E-state index contributed by atoms with van der Waals surface area (Å²) in [6.07, 6.45) is 25.7. The van der Waals surface area contributed by atoms with E-state index < -0.39 is 12.2 Å². The molecule has 13 heteroatoms. The molecule has 0 radical (unpaired) electrons. The lowest BCUT2D eigenvalue weighted by Gasteiger charge is -2.15. The molecule has 2 atom stereocenters. The van der Waals surface area contributed by atoms with Gasteiger partial charge in [0.1, 0.15) is 42.7 Å². The summed E-state index contributed by atoms with van der Waals surface area (Å²) in [5, 5.41) is 31.9. The van der Waals surface area contributed by atoms with E-state index in [0.29, 0.717) is 65.2 Å². The summed E-state index contributed by atoms with van der Waals surface area (Å²) in [6, 6.07) is 36.0. The molecule has 8 rings (SSSR count). The minimum absolute atomic E-state index is 0.0147. The number of aliphatic hydroxyl groups excluding tert-OH is 2. The Hall–Kier alpha value is -7.42. The summed E-state index contributed by atoms with van der Waals surface area (Å²) in [6.45, 7) is 25.2. The van der Waals surface area contributed by atoms with Gasteiger partial charge in [-0.25, -0.2) is 29.9 Å². The van der Waals surface area contributed by atoms with Crippen molar-refractivity contribution in [3.8, 4) is 85.6 Å². The summed E-state index contributed by atoms with van der Waals surface area (Å²) in [4.78, 5) is 29.4. The first-order chi connectivity index (χ1) is 46.0. The maximum atomic E-state index is 11.1. The van der Waals surface area contributed by atoms with Gasteiger partial charge < -0.3 is 34.3 Å². The van der Waals surface area contributed by atoms with E-state index in [-0.39, 0.29) is 32.2 Å². The molecule has 0 aliphatic heterocycles. The zero-order valence-electron chi connectivity index (χ0n) is 59.3. The first kappa shape index (κ1) is 75.0. The molecule has 0 amide bonds. The lowest BCUT2D eigenvalue weighted by Crippen LogP contribution is -2.23. The van der Waals surface area contributed by atoms with Gasteiger partial charge in [0, 0.05) is 47.1 Å². The first-order valence-corrected chi connectivity index (χ1v) is 35.5. The molecule has 0 fully saturated rings. The van der Waals surface area contributed by atoms with Crippen LogP contribution in [-0.2, 0) is 9.47 Å². The molecule has 0 saturated carbocycles. The number of aromatic hydroxyl groups is 1. The normalized spacial score (nSPS) is 12.0. The highest BCUT2D eigenvalue weighted by Gasteiger charge is 2.20. The highest BCUT2D eigenvalue weighted by molar-refractivity contribution is 5.74. The third-order valence-corrected chi connectivity index (χ3v) is 17.5. The standard InChI is InChI=1S/C41H55N3O4.C41H55N3O3/c1-6-7-8-9-10-11-12-13-14-15-16-23-47-27-33(45)28-48-34-19-22-37(38(46)26-34)41-43-39(35-20-17-29(2)24-31(35)4)42-40(44-41)36-21-18-30(3)25-32(36)5;1-7-8-9-10-11-12-13-14-15-16-23-46-27-34(45)28-47-35-19-22-38(33(6)26-35)41-43-39(36-20-17-29(2)24-31(36)4)42-40(44-41)37-21-18-30(3)25-32(37)5/h17-22,24-26,33,45-46H,6-16,23,27-28H2,1-5H3;17-22,24-26,34,45H,7-16,23,27-28H2,1-6H3. The van der Waals surface area contributed by atoms with Crippen LogP contribution in [0.5, 0.6) is 17.2 Å². The zero-order chi connectivity index (χ0) is 67.9. The molecule has 0 aliphatic carbocycles. The van der Waals surface area contributed by atoms with Crippen molar-refractivity contribution in [2.24, 2.45) is 0 Å². The zero-order valence-corrected chi connectivity index (χ0v) is 59.3. The van der Waals surface area contributed by atoms with Gasteiger partial charge in [-0.2, -0.15) is 0 Å². The van der Waals surface area contributed by atoms with Gasteiger partial charge in [-0.15, -0.1) is 0 Å². The van der Waals surface area contributed by atoms with Gasteiger partial charge in [0.15, 0.2) is 34.9 Å². The number of hydrogen-bond acceptors (Lipinski definition) is 13. The number of aliphatic hydroxyl groups is 2. The van der Waals surface area contributed by atoms with Crippen molar-refractivity contribution in [2.45, 2.75) is 223 Å². The number of phenols is 1. The second kappa shape index (κ2) is 40.2. The second-order valence-corrected chi connectivity index (χ2v) is 26.3. The summed E-state index contributed by atoms with van der Waals surface area (Å²) in [5.41, 5.74) is 15.3. The van der Waals surface area contributed by atoms with E-state index in [2.05, 4.69) is 104 Å². The van der Waals surface area contributed by atoms with Crippen LogP contribution >= 0.6 is 0 Å². The van der Waals surface area contributed by atoms with E-state index in [1.165, 1.54) is 133 Å². The molecule has 0 spiro atoms. The van der Waals surface area contributed by atoms with E-state index in [0.717, 1.165) is 86.0 Å². The molecular formula is C82H110N6O7. The molecule has 2 unspecified atom stereocenters. The fourth-order valence-electron chi connectivity index (χ4n) is 12.0. The van der Waals surface area contributed by atoms with Crippen LogP contribution in [0.25, 0.3) is 68.3 Å². The Kier molecular flexibility index (Phi) is 31.7. The number of ether oxygens (including phenoxy) is 4.